The molecule has 0 spiro atoms. The highest BCUT2D eigenvalue weighted by atomic mass is 16.1. The van der Waals surface area contributed by atoms with Gasteiger partial charge in [-0.15, -0.1) is 0 Å². The third-order valence-electron chi connectivity index (χ3n) is 4.56. The molecule has 1 nitrogen and oxygen atoms in total. The zero-order valence-electron chi connectivity index (χ0n) is 13.6. The highest BCUT2D eigenvalue weighted by Gasteiger charge is 2.40. The molecule has 0 radical (unpaired) electrons. The van der Waals surface area contributed by atoms with Crippen molar-refractivity contribution in [3.63, 3.8) is 0 Å². The second-order valence-electron chi connectivity index (χ2n) is 5.98. The molecule has 112 valence electrons. The fraction of sp³-hybridized carbons (Fsp3) is 0.632. The molecule has 20 heavy (non-hydrogen) atoms. The molecule has 0 amide bonds. The Morgan fingerprint density at radius 2 is 1.80 bits per heavy atom. The van der Waals surface area contributed by atoms with Crippen LogP contribution in [0.1, 0.15) is 64.0 Å². The van der Waals surface area contributed by atoms with E-state index in [4.69, 9.17) is 0 Å². The largest absolute Gasteiger partial charge is 0.303 e. The second kappa shape index (κ2) is 8.24. The van der Waals surface area contributed by atoms with Gasteiger partial charge in [-0.3, -0.25) is 0 Å². The lowest BCUT2D eigenvalue weighted by Crippen LogP contribution is -2.09. The maximum Gasteiger partial charge on any atom is 0.123 e. The summed E-state index contributed by atoms with van der Waals surface area (Å²) in [6.07, 6.45) is 8.39. The third kappa shape index (κ3) is 5.11. The van der Waals surface area contributed by atoms with Gasteiger partial charge < -0.3 is 4.79 Å². The zero-order valence-corrected chi connectivity index (χ0v) is 13.6. The Balaban J connectivity index is 0.000000956. The molecular formula is C19H30O. The first-order valence-corrected chi connectivity index (χ1v) is 8.18. The zero-order chi connectivity index (χ0) is 15.0. The Kier molecular flexibility index (Phi) is 6.98. The first kappa shape index (κ1) is 16.9. The van der Waals surface area contributed by atoms with E-state index in [2.05, 4.69) is 38.1 Å². The molecule has 1 aromatic carbocycles. The highest BCUT2D eigenvalue weighted by molar-refractivity contribution is 5.54. The summed E-state index contributed by atoms with van der Waals surface area (Å²) in [6.45, 7) is 8.38. The van der Waals surface area contributed by atoms with Crippen molar-refractivity contribution in [2.45, 2.75) is 66.2 Å². The molecule has 1 heteroatoms. The summed E-state index contributed by atoms with van der Waals surface area (Å²) in [5, 5.41) is 0. The maximum absolute atomic E-state index is 11.2. The molecule has 0 N–H and O–H groups in total. The van der Waals surface area contributed by atoms with Crippen LogP contribution in [0.5, 0.6) is 0 Å². The molecule has 0 heterocycles. The minimum absolute atomic E-state index is 0.205. The Bertz CT molecular complexity index is 387. The molecule has 1 unspecified atom stereocenters. The number of carbonyl (C=O) groups is 1. The van der Waals surface area contributed by atoms with E-state index in [9.17, 15) is 4.79 Å². The van der Waals surface area contributed by atoms with Gasteiger partial charge in [-0.05, 0) is 50.0 Å². The average Bonchev–Trinajstić information content (AvgIpc) is 3.28. The van der Waals surface area contributed by atoms with E-state index in [0.717, 1.165) is 19.1 Å². The normalized spacial score (nSPS) is 16.8. The van der Waals surface area contributed by atoms with E-state index in [1.165, 1.54) is 36.8 Å². The monoisotopic (exact) mass is 274 g/mol. The van der Waals surface area contributed by atoms with E-state index in [1.807, 2.05) is 13.8 Å². The van der Waals surface area contributed by atoms with Gasteiger partial charge in [-0.1, -0.05) is 57.0 Å². The van der Waals surface area contributed by atoms with Crippen molar-refractivity contribution in [1.82, 2.24) is 0 Å². The molecule has 0 aromatic heterocycles. The van der Waals surface area contributed by atoms with E-state index in [1.54, 1.807) is 0 Å². The predicted octanol–water partition coefficient (Wildman–Crippen LogP) is 5.35. The standard InChI is InChI=1S/C17H24O.C2H6/c1-3-17(10-11-17)9-8-16(13-18)12-15-6-4-14(2)5-7-15;1-2/h4-7,13,16H,3,8-12H2,1-2H3;1-2H3. The molecule has 1 aliphatic rings. The molecule has 2 rings (SSSR count). The second-order valence-corrected chi connectivity index (χ2v) is 5.98. The van der Waals surface area contributed by atoms with Crippen LogP contribution in [0, 0.1) is 18.3 Å². The van der Waals surface area contributed by atoms with Crippen LogP contribution in [0.3, 0.4) is 0 Å². The number of hydrogen-bond donors (Lipinski definition) is 0. The Morgan fingerprint density at radius 1 is 1.20 bits per heavy atom. The topological polar surface area (TPSA) is 17.1 Å². The van der Waals surface area contributed by atoms with Gasteiger partial charge in [0.05, 0.1) is 0 Å². The molecule has 0 bridgehead atoms. The summed E-state index contributed by atoms with van der Waals surface area (Å²) in [5.74, 6) is 0.205. The Labute approximate surface area is 124 Å². The van der Waals surface area contributed by atoms with Crippen molar-refractivity contribution in [3.8, 4) is 0 Å². The summed E-state index contributed by atoms with van der Waals surface area (Å²) in [7, 11) is 0. The number of hydrogen-bond acceptors (Lipinski definition) is 1. The maximum atomic E-state index is 11.2. The smallest absolute Gasteiger partial charge is 0.123 e. The molecule has 1 aliphatic carbocycles. The van der Waals surface area contributed by atoms with Crippen LogP contribution in [0.2, 0.25) is 0 Å². The number of aldehydes is 1. The minimum atomic E-state index is 0.205. The highest BCUT2D eigenvalue weighted by Crippen LogP contribution is 2.52. The lowest BCUT2D eigenvalue weighted by Gasteiger charge is -2.16. The van der Waals surface area contributed by atoms with Gasteiger partial charge >= 0.3 is 0 Å². The summed E-state index contributed by atoms with van der Waals surface area (Å²) in [6, 6.07) is 8.56. The van der Waals surface area contributed by atoms with Crippen molar-refractivity contribution < 1.29 is 4.79 Å². The fourth-order valence-corrected chi connectivity index (χ4v) is 2.69. The third-order valence-corrected chi connectivity index (χ3v) is 4.56. The van der Waals surface area contributed by atoms with Crippen molar-refractivity contribution in [1.29, 1.82) is 0 Å². The van der Waals surface area contributed by atoms with E-state index < -0.39 is 0 Å². The molecule has 1 saturated carbocycles. The quantitative estimate of drug-likeness (QED) is 0.613. The van der Waals surface area contributed by atoms with Crippen LogP contribution in [-0.2, 0) is 11.2 Å². The number of aryl methyl sites for hydroxylation is 1. The number of carbonyl (C=O) groups excluding carboxylic acids is 1. The van der Waals surface area contributed by atoms with E-state index in [-0.39, 0.29) is 5.92 Å². The minimum Gasteiger partial charge on any atom is -0.303 e. The Morgan fingerprint density at radius 3 is 2.25 bits per heavy atom. The van der Waals surface area contributed by atoms with Crippen LogP contribution >= 0.6 is 0 Å². The van der Waals surface area contributed by atoms with Gasteiger partial charge in [0.15, 0.2) is 0 Å². The predicted molar refractivity (Wildman–Crippen MR) is 87.0 cm³/mol. The first-order valence-electron chi connectivity index (χ1n) is 8.18. The van der Waals surface area contributed by atoms with Crippen molar-refractivity contribution in [3.05, 3.63) is 35.4 Å². The summed E-state index contributed by atoms with van der Waals surface area (Å²) in [4.78, 5) is 11.2. The Hall–Kier alpha value is -1.11. The summed E-state index contributed by atoms with van der Waals surface area (Å²) >= 11 is 0. The number of benzene rings is 1. The SMILES string of the molecule is CC.CCC1(CCC(C=O)Cc2ccc(C)cc2)CC1. The van der Waals surface area contributed by atoms with Gasteiger partial charge in [0.1, 0.15) is 6.29 Å². The molecule has 1 atom stereocenters. The summed E-state index contributed by atoms with van der Waals surface area (Å²) in [5.41, 5.74) is 3.18. The molecular weight excluding hydrogens is 244 g/mol. The van der Waals surface area contributed by atoms with Crippen LogP contribution in [-0.4, -0.2) is 6.29 Å². The van der Waals surface area contributed by atoms with Gasteiger partial charge in [-0.25, -0.2) is 0 Å². The molecule has 1 aromatic rings. The van der Waals surface area contributed by atoms with Crippen LogP contribution in [0.4, 0.5) is 0 Å². The van der Waals surface area contributed by atoms with Gasteiger partial charge in [0.25, 0.3) is 0 Å². The average molecular weight is 274 g/mol. The van der Waals surface area contributed by atoms with Gasteiger partial charge in [0, 0.05) is 5.92 Å². The molecule has 0 aliphatic heterocycles. The van der Waals surface area contributed by atoms with Crippen LogP contribution in [0.15, 0.2) is 24.3 Å². The molecule has 0 saturated heterocycles. The van der Waals surface area contributed by atoms with E-state index >= 15 is 0 Å². The van der Waals surface area contributed by atoms with E-state index in [0.29, 0.717) is 5.41 Å². The van der Waals surface area contributed by atoms with Crippen LogP contribution < -0.4 is 0 Å². The number of rotatable bonds is 7. The van der Waals surface area contributed by atoms with Crippen molar-refractivity contribution in [2.75, 3.05) is 0 Å². The van der Waals surface area contributed by atoms with Gasteiger partial charge in [0.2, 0.25) is 0 Å². The summed E-state index contributed by atoms with van der Waals surface area (Å²) < 4.78 is 0. The van der Waals surface area contributed by atoms with Gasteiger partial charge in [-0.2, -0.15) is 0 Å². The van der Waals surface area contributed by atoms with Crippen molar-refractivity contribution in [2.24, 2.45) is 11.3 Å². The molecule has 1 fully saturated rings. The van der Waals surface area contributed by atoms with Crippen LogP contribution in [0.25, 0.3) is 0 Å². The first-order chi connectivity index (χ1) is 9.67. The lowest BCUT2D eigenvalue weighted by molar-refractivity contribution is -0.111. The van der Waals surface area contributed by atoms with Crippen molar-refractivity contribution >= 4 is 6.29 Å². The lowest BCUT2D eigenvalue weighted by atomic mass is 9.89. The fourth-order valence-electron chi connectivity index (χ4n) is 2.69.